The summed E-state index contributed by atoms with van der Waals surface area (Å²) < 4.78 is 1.84. The number of aliphatic imine (C=N–C) groups is 1. The Bertz CT molecular complexity index is 1220. The average Bonchev–Trinajstić information content (AvgIpc) is 3.27. The number of aryl methyl sites for hydroxylation is 1. The summed E-state index contributed by atoms with van der Waals surface area (Å²) in [4.78, 5) is 15.3. The number of nitrogens with two attached hydrogens (primary N) is 2. The van der Waals surface area contributed by atoms with Gasteiger partial charge >= 0.3 is 0 Å². The Morgan fingerprint density at radius 3 is 2.77 bits per heavy atom. The number of primary amides is 1. The topological polar surface area (TPSA) is 125 Å². The van der Waals surface area contributed by atoms with Crippen molar-refractivity contribution in [2.45, 2.75) is 18.0 Å². The number of rotatable bonds is 4. The number of halogens is 3. The molecule has 3 aromatic rings. The Labute approximate surface area is 193 Å². The van der Waals surface area contributed by atoms with Crippen LogP contribution in [-0.4, -0.2) is 32.1 Å². The molecule has 2 atom stereocenters. The highest BCUT2D eigenvalue weighted by atomic mass is 79.9. The monoisotopic (exact) mass is 525 g/mol. The zero-order valence-electron chi connectivity index (χ0n) is 15.4. The van der Waals surface area contributed by atoms with Gasteiger partial charge in [0.15, 0.2) is 6.17 Å². The first-order valence-electron chi connectivity index (χ1n) is 8.55. The first kappa shape index (κ1) is 21.0. The number of carbonyl (C=O) groups is 1. The van der Waals surface area contributed by atoms with E-state index >= 15 is 0 Å². The van der Waals surface area contributed by atoms with Crippen LogP contribution in [0.4, 0.5) is 5.13 Å². The molecule has 1 amide bonds. The number of nitrogens with zero attached hydrogens (tertiary/aromatic N) is 5. The zero-order valence-corrected chi connectivity index (χ0v) is 19.3. The first-order valence-corrected chi connectivity index (χ1v) is 10.9. The number of allylic oxidation sites excluding steroid dienone is 1. The number of aromatic nitrogens is 4. The molecule has 0 spiro atoms. The minimum Gasteiger partial charge on any atom is -0.374 e. The molecule has 30 heavy (non-hydrogen) atoms. The largest absolute Gasteiger partial charge is 0.374 e. The van der Waals surface area contributed by atoms with E-state index in [0.29, 0.717) is 30.9 Å². The Hall–Kier alpha value is -2.27. The Morgan fingerprint density at radius 2 is 2.10 bits per heavy atom. The van der Waals surface area contributed by atoms with Gasteiger partial charge in [-0.1, -0.05) is 29.0 Å². The number of dihydropyridines is 1. The lowest BCUT2D eigenvalue weighted by molar-refractivity contribution is 0.0986. The average molecular weight is 527 g/mol. The van der Waals surface area contributed by atoms with Crippen molar-refractivity contribution in [3.63, 3.8) is 0 Å². The summed E-state index contributed by atoms with van der Waals surface area (Å²) in [6.45, 7) is 1.89. The molecule has 8 nitrogen and oxygen atoms in total. The molecule has 3 heterocycles. The van der Waals surface area contributed by atoms with Crippen molar-refractivity contribution in [1.82, 2.24) is 20.0 Å². The number of benzene rings is 1. The number of anilines is 1. The molecule has 2 unspecified atom stereocenters. The van der Waals surface area contributed by atoms with E-state index in [9.17, 15) is 4.79 Å². The van der Waals surface area contributed by atoms with E-state index in [1.165, 1.54) is 22.1 Å². The summed E-state index contributed by atoms with van der Waals surface area (Å²) in [6, 6.07) is 5.08. The van der Waals surface area contributed by atoms with E-state index in [1.807, 2.05) is 6.92 Å². The lowest BCUT2D eigenvalue weighted by Crippen LogP contribution is -2.35. The maximum atomic E-state index is 12.0. The van der Waals surface area contributed by atoms with E-state index in [4.69, 9.17) is 34.7 Å². The molecule has 0 radical (unpaired) electrons. The predicted octanol–water partition coefficient (Wildman–Crippen LogP) is 4.08. The standard InChI is InChI=1S/C18H14BrCl2N7OS/c1-8-5-9(20)6-10(15-25-26-17(23)30-15)13(8)18(21)3-2-4-24-16(18)28-11(14(22)29)7-12(19)27-28/h2-7,16H,1H3,(H2,22,29)(H2,23,26). The van der Waals surface area contributed by atoms with E-state index in [2.05, 4.69) is 36.2 Å². The van der Waals surface area contributed by atoms with Crippen LogP contribution in [0.1, 0.15) is 27.8 Å². The Balaban J connectivity index is 1.98. The third-order valence-corrected chi connectivity index (χ3v) is 6.47. The number of amides is 1. The number of alkyl halides is 1. The molecule has 1 aliphatic rings. The van der Waals surface area contributed by atoms with E-state index in [-0.39, 0.29) is 5.69 Å². The third kappa shape index (κ3) is 3.53. The fourth-order valence-corrected chi connectivity index (χ4v) is 5.23. The van der Waals surface area contributed by atoms with Crippen LogP contribution >= 0.6 is 50.5 Å². The normalized spacial score (nSPS) is 20.6. The van der Waals surface area contributed by atoms with Crippen LogP contribution in [0.2, 0.25) is 5.02 Å². The smallest absolute Gasteiger partial charge is 0.267 e. The van der Waals surface area contributed by atoms with Gasteiger partial charge in [-0.25, -0.2) is 4.68 Å². The molecule has 4 N–H and O–H groups in total. The van der Waals surface area contributed by atoms with E-state index in [0.717, 1.165) is 5.56 Å². The quantitative estimate of drug-likeness (QED) is 0.495. The molecular weight excluding hydrogens is 513 g/mol. The number of hydrogen-bond donors (Lipinski definition) is 2. The van der Waals surface area contributed by atoms with Gasteiger partial charge in [0.1, 0.15) is 20.2 Å². The summed E-state index contributed by atoms with van der Waals surface area (Å²) in [7, 11) is 0. The molecule has 0 aliphatic carbocycles. The molecule has 0 fully saturated rings. The first-order chi connectivity index (χ1) is 14.2. The van der Waals surface area contributed by atoms with E-state index in [1.54, 1.807) is 30.5 Å². The minimum absolute atomic E-state index is 0.165. The maximum absolute atomic E-state index is 12.0. The molecule has 0 saturated heterocycles. The van der Waals surface area contributed by atoms with Crippen LogP contribution < -0.4 is 11.5 Å². The molecule has 0 bridgehead atoms. The van der Waals surface area contributed by atoms with Gasteiger partial charge in [-0.15, -0.1) is 21.8 Å². The van der Waals surface area contributed by atoms with Gasteiger partial charge in [0, 0.05) is 22.9 Å². The van der Waals surface area contributed by atoms with Crippen LogP contribution in [0.15, 0.2) is 39.9 Å². The Kier molecular flexibility index (Phi) is 5.43. The van der Waals surface area contributed by atoms with Gasteiger partial charge in [0.05, 0.1) is 0 Å². The highest BCUT2D eigenvalue weighted by Crippen LogP contribution is 2.50. The third-order valence-electron chi connectivity index (χ3n) is 4.57. The van der Waals surface area contributed by atoms with Crippen molar-refractivity contribution in [1.29, 1.82) is 0 Å². The second kappa shape index (κ2) is 7.77. The highest BCUT2D eigenvalue weighted by molar-refractivity contribution is 9.10. The molecule has 4 rings (SSSR count). The lowest BCUT2D eigenvalue weighted by Gasteiger charge is -2.35. The van der Waals surface area contributed by atoms with Crippen LogP contribution in [0.25, 0.3) is 10.6 Å². The van der Waals surface area contributed by atoms with E-state index < -0.39 is 16.9 Å². The number of carbonyl (C=O) groups excluding carboxylic acids is 1. The van der Waals surface area contributed by atoms with Crippen LogP contribution in [0.3, 0.4) is 0 Å². The molecule has 0 saturated carbocycles. The van der Waals surface area contributed by atoms with Crippen molar-refractivity contribution in [3.8, 4) is 10.6 Å². The van der Waals surface area contributed by atoms with Crippen molar-refractivity contribution >= 4 is 67.7 Å². The highest BCUT2D eigenvalue weighted by Gasteiger charge is 2.44. The second-order valence-corrected chi connectivity index (χ2v) is 9.43. The van der Waals surface area contributed by atoms with Crippen molar-refractivity contribution < 1.29 is 4.79 Å². The zero-order chi connectivity index (χ0) is 21.6. The Morgan fingerprint density at radius 1 is 1.33 bits per heavy atom. The number of nitrogen functional groups attached to an aromatic ring is 1. The summed E-state index contributed by atoms with van der Waals surface area (Å²) in [5, 5.41) is 13.8. The second-order valence-electron chi connectivity index (χ2n) is 6.55. The molecule has 1 aliphatic heterocycles. The van der Waals surface area contributed by atoms with Gasteiger partial charge in [-0.2, -0.15) is 5.10 Å². The SMILES string of the molecule is Cc1cc(Cl)cc(-c2nnc(N)s2)c1C1(Cl)C=CC=NC1n1nc(Br)cc1C(N)=O. The summed E-state index contributed by atoms with van der Waals surface area (Å²) in [6.07, 6.45) is 4.32. The fraction of sp³-hybridized carbons (Fsp3) is 0.167. The summed E-state index contributed by atoms with van der Waals surface area (Å²) in [5.74, 6) is -0.651. The van der Waals surface area contributed by atoms with Crippen LogP contribution in [-0.2, 0) is 4.87 Å². The number of hydrogen-bond acceptors (Lipinski definition) is 7. The van der Waals surface area contributed by atoms with Crippen LogP contribution in [0, 0.1) is 6.92 Å². The molecule has 154 valence electrons. The molecule has 2 aromatic heterocycles. The summed E-state index contributed by atoms with van der Waals surface area (Å²) >= 11 is 18.1. The summed E-state index contributed by atoms with van der Waals surface area (Å²) in [5.41, 5.74) is 13.7. The van der Waals surface area contributed by atoms with Crippen LogP contribution in [0.5, 0.6) is 0 Å². The lowest BCUT2D eigenvalue weighted by atomic mass is 9.86. The maximum Gasteiger partial charge on any atom is 0.267 e. The minimum atomic E-state index is -1.23. The molecule has 1 aromatic carbocycles. The van der Waals surface area contributed by atoms with Gasteiger partial charge < -0.3 is 11.5 Å². The fourth-order valence-electron chi connectivity index (χ4n) is 3.46. The molecule has 12 heteroatoms. The van der Waals surface area contributed by atoms with Gasteiger partial charge in [-0.3, -0.25) is 9.79 Å². The van der Waals surface area contributed by atoms with Gasteiger partial charge in [0.25, 0.3) is 5.91 Å². The molecular formula is C18H14BrCl2N7OS. The van der Waals surface area contributed by atoms with Crippen molar-refractivity contribution in [2.75, 3.05) is 5.73 Å². The van der Waals surface area contributed by atoms with Crippen molar-refractivity contribution in [3.05, 3.63) is 56.8 Å². The predicted molar refractivity (Wildman–Crippen MR) is 122 cm³/mol. The van der Waals surface area contributed by atoms with Gasteiger partial charge in [0.2, 0.25) is 5.13 Å². The van der Waals surface area contributed by atoms with Crippen molar-refractivity contribution in [2.24, 2.45) is 10.7 Å². The van der Waals surface area contributed by atoms with Gasteiger partial charge in [-0.05, 0) is 52.2 Å².